The SMILES string of the molecule is CC[C@@H](c1ccccc1)N1Cc2cc3c(cc2C[C@H]1C(=O)NC(Cc1ccc(-c2ccc(OC)cc2)cc1)C(=O)O)N(C)C(=O)[C@H](c1ccc(OCc2ccc(Cl)c(Cl)c2)cc1)O3. The number of nitrogens with one attached hydrogen (secondary N) is 1. The Bertz CT molecular complexity index is 2610. The summed E-state index contributed by atoms with van der Waals surface area (Å²) in [6.45, 7) is 2.78. The number of nitrogens with zero attached hydrogens (tertiary/aromatic N) is 2. The van der Waals surface area contributed by atoms with Crippen LogP contribution in [0.1, 0.15) is 58.9 Å². The van der Waals surface area contributed by atoms with Gasteiger partial charge in [-0.25, -0.2) is 4.79 Å². The zero-order valence-electron chi connectivity index (χ0n) is 35.1. The lowest BCUT2D eigenvalue weighted by Crippen LogP contribution is -2.55. The highest BCUT2D eigenvalue weighted by atomic mass is 35.5. The van der Waals surface area contributed by atoms with Crippen molar-refractivity contribution in [3.05, 3.63) is 177 Å². The Morgan fingerprint density at radius 2 is 1.49 bits per heavy atom. The second kappa shape index (κ2) is 19.0. The second-order valence-electron chi connectivity index (χ2n) is 15.8. The summed E-state index contributed by atoms with van der Waals surface area (Å²) in [5, 5.41) is 14.2. The van der Waals surface area contributed by atoms with Gasteiger partial charge >= 0.3 is 5.97 Å². The molecule has 6 aromatic rings. The molecule has 2 amide bonds. The predicted octanol–water partition coefficient (Wildman–Crippen LogP) is 10.0. The highest BCUT2D eigenvalue weighted by Crippen LogP contribution is 2.43. The number of carbonyl (C=O) groups excluding carboxylic acids is 2. The molecular weight excluding hydrogens is 837 g/mol. The molecule has 0 radical (unpaired) electrons. The number of carbonyl (C=O) groups is 3. The van der Waals surface area contributed by atoms with E-state index in [1.54, 1.807) is 43.3 Å². The summed E-state index contributed by atoms with van der Waals surface area (Å²) in [6.07, 6.45) is 0.231. The van der Waals surface area contributed by atoms with E-state index in [2.05, 4.69) is 29.3 Å². The number of hydrogen-bond donors (Lipinski definition) is 2. The smallest absolute Gasteiger partial charge is 0.326 e. The number of amides is 2. The number of rotatable bonds is 14. The van der Waals surface area contributed by atoms with E-state index in [1.807, 2.05) is 97.1 Å². The highest BCUT2D eigenvalue weighted by molar-refractivity contribution is 6.42. The lowest BCUT2D eigenvalue weighted by molar-refractivity contribution is -0.143. The van der Waals surface area contributed by atoms with E-state index in [0.717, 1.165) is 44.7 Å². The third-order valence-corrected chi connectivity index (χ3v) is 12.6. The molecule has 6 aromatic carbocycles. The van der Waals surface area contributed by atoms with E-state index < -0.39 is 24.2 Å². The van der Waals surface area contributed by atoms with Gasteiger partial charge in [-0.15, -0.1) is 0 Å². The maximum absolute atomic E-state index is 14.5. The van der Waals surface area contributed by atoms with Crippen molar-refractivity contribution in [2.45, 2.75) is 63.6 Å². The molecule has 12 heteroatoms. The summed E-state index contributed by atoms with van der Waals surface area (Å²) in [7, 11) is 3.35. The molecule has 0 aliphatic carbocycles. The van der Waals surface area contributed by atoms with E-state index in [1.165, 1.54) is 0 Å². The first-order valence-corrected chi connectivity index (χ1v) is 21.6. The number of carboxylic acid groups (broad SMARTS) is 1. The average Bonchev–Trinajstić information content (AvgIpc) is 3.30. The number of aliphatic carboxylic acids is 1. The molecule has 0 saturated heterocycles. The van der Waals surface area contributed by atoms with Gasteiger partial charge in [0.25, 0.3) is 5.91 Å². The number of hydrogen-bond acceptors (Lipinski definition) is 7. The minimum atomic E-state index is -1.16. The van der Waals surface area contributed by atoms with Crippen LogP contribution in [-0.2, 0) is 40.4 Å². The van der Waals surface area contributed by atoms with Crippen molar-refractivity contribution in [3.8, 4) is 28.4 Å². The van der Waals surface area contributed by atoms with Crippen molar-refractivity contribution in [3.63, 3.8) is 0 Å². The summed E-state index contributed by atoms with van der Waals surface area (Å²) in [5.41, 5.74) is 7.81. The highest BCUT2D eigenvalue weighted by Gasteiger charge is 2.40. The van der Waals surface area contributed by atoms with E-state index in [9.17, 15) is 19.5 Å². The molecule has 0 bridgehead atoms. The Kier molecular flexibility index (Phi) is 13.0. The number of likely N-dealkylation sites (N-methyl/N-ethyl adjacent to an activating group) is 1. The Labute approximate surface area is 376 Å². The van der Waals surface area contributed by atoms with Gasteiger partial charge < -0.3 is 29.5 Å². The molecule has 10 nitrogen and oxygen atoms in total. The molecule has 0 aromatic heterocycles. The first-order valence-electron chi connectivity index (χ1n) is 20.8. The Morgan fingerprint density at radius 1 is 0.825 bits per heavy atom. The normalized spacial score (nSPS) is 16.8. The van der Waals surface area contributed by atoms with E-state index in [4.69, 9.17) is 37.4 Å². The van der Waals surface area contributed by atoms with Crippen LogP contribution in [0.5, 0.6) is 17.2 Å². The van der Waals surface area contributed by atoms with E-state index in [0.29, 0.717) is 58.8 Å². The van der Waals surface area contributed by atoms with Gasteiger partial charge in [0.2, 0.25) is 12.0 Å². The number of benzene rings is 6. The second-order valence-corrected chi connectivity index (χ2v) is 16.7. The minimum Gasteiger partial charge on any atom is -0.497 e. The number of anilines is 1. The zero-order chi connectivity index (χ0) is 44.2. The zero-order valence-corrected chi connectivity index (χ0v) is 36.6. The van der Waals surface area contributed by atoms with E-state index in [-0.39, 0.29) is 24.3 Å². The minimum absolute atomic E-state index is 0.108. The maximum atomic E-state index is 14.5. The molecule has 8 rings (SSSR count). The first kappa shape index (κ1) is 43.3. The van der Waals surface area contributed by atoms with Crippen LogP contribution >= 0.6 is 23.2 Å². The molecule has 1 unspecified atom stereocenters. The molecule has 0 saturated carbocycles. The lowest BCUT2D eigenvalue weighted by atomic mass is 9.88. The fourth-order valence-corrected chi connectivity index (χ4v) is 8.75. The Morgan fingerprint density at radius 3 is 2.14 bits per heavy atom. The van der Waals surface area contributed by atoms with E-state index >= 15 is 0 Å². The quantitative estimate of drug-likeness (QED) is 0.111. The molecule has 63 heavy (non-hydrogen) atoms. The number of fused-ring (bicyclic) bond motifs is 2. The number of methoxy groups -OCH3 is 1. The van der Waals surface area contributed by atoms with Crippen LogP contribution in [0.2, 0.25) is 10.0 Å². The van der Waals surface area contributed by atoms with Crippen LogP contribution in [0.25, 0.3) is 11.1 Å². The van der Waals surface area contributed by atoms with Gasteiger partial charge in [-0.05, 0) is 100 Å². The fourth-order valence-electron chi connectivity index (χ4n) is 8.43. The fraction of sp³-hybridized carbons (Fsp3) is 0.235. The molecule has 4 atom stereocenters. The van der Waals surface area contributed by atoms with Crippen LogP contribution in [0.15, 0.2) is 133 Å². The van der Waals surface area contributed by atoms with Crippen LogP contribution in [0, 0.1) is 0 Å². The van der Waals surface area contributed by atoms with Gasteiger partial charge in [-0.2, -0.15) is 0 Å². The van der Waals surface area contributed by atoms with Crippen LogP contribution in [0.4, 0.5) is 5.69 Å². The molecular formula is C51H47Cl2N3O7. The third-order valence-electron chi connectivity index (χ3n) is 11.9. The summed E-state index contributed by atoms with van der Waals surface area (Å²) < 4.78 is 17.7. The van der Waals surface area contributed by atoms with Crippen molar-refractivity contribution in [1.82, 2.24) is 10.2 Å². The molecule has 2 N–H and O–H groups in total. The van der Waals surface area contributed by atoms with Gasteiger partial charge in [-0.3, -0.25) is 14.5 Å². The summed E-state index contributed by atoms with van der Waals surface area (Å²) >= 11 is 12.2. The number of halogens is 2. The predicted molar refractivity (Wildman–Crippen MR) is 245 cm³/mol. The van der Waals surface area contributed by atoms with Crippen LogP contribution in [-0.4, -0.2) is 54.0 Å². The van der Waals surface area contributed by atoms with Gasteiger partial charge in [0.05, 0.1) is 28.9 Å². The van der Waals surface area contributed by atoms with Crippen molar-refractivity contribution < 1.29 is 33.7 Å². The molecule has 2 aliphatic rings. The van der Waals surface area contributed by atoms with Crippen molar-refractivity contribution in [2.75, 3.05) is 19.1 Å². The van der Waals surface area contributed by atoms with Gasteiger partial charge in [-0.1, -0.05) is 115 Å². The standard InChI is InChI=1S/C51H47Cl2N3O7/c1-4-44(35-8-6-5-7-9-35)56-29-38-28-47-45(55(2)50(58)48(63-47)36-17-21-40(22-18-36)62-30-32-12-23-41(52)42(53)24-32)26-37(38)27-46(56)49(57)54-43(51(59)60)25-31-10-13-33(14-11-31)34-15-19-39(61-3)20-16-34/h5-24,26,28,43-44,46,48H,4,25,27,29-30H2,1-3H3,(H,54,57)(H,59,60)/t43?,44-,46-,48-/m0/s1. The maximum Gasteiger partial charge on any atom is 0.326 e. The molecule has 0 fully saturated rings. The summed E-state index contributed by atoms with van der Waals surface area (Å²) in [6, 6.07) is 39.9. The van der Waals surface area contributed by atoms with Gasteiger partial charge in [0.1, 0.15) is 29.9 Å². The molecule has 322 valence electrons. The first-order chi connectivity index (χ1) is 30.5. The summed E-state index contributed by atoms with van der Waals surface area (Å²) in [4.78, 5) is 44.9. The van der Waals surface area contributed by atoms with Gasteiger partial charge in [0, 0.05) is 31.6 Å². The Balaban J connectivity index is 1.02. The van der Waals surface area contributed by atoms with Crippen molar-refractivity contribution in [2.24, 2.45) is 0 Å². The van der Waals surface area contributed by atoms with Gasteiger partial charge in [0.15, 0.2) is 0 Å². The Hall–Kier alpha value is -6.33. The van der Waals surface area contributed by atoms with Crippen LogP contribution < -0.4 is 24.4 Å². The average molecular weight is 885 g/mol. The van der Waals surface area contributed by atoms with Crippen LogP contribution in [0.3, 0.4) is 0 Å². The monoisotopic (exact) mass is 883 g/mol. The van der Waals surface area contributed by atoms with Crippen molar-refractivity contribution >= 4 is 46.7 Å². The summed E-state index contributed by atoms with van der Waals surface area (Å²) in [5.74, 6) is 0.202. The third kappa shape index (κ3) is 9.54. The molecule has 2 aliphatic heterocycles. The molecule has 0 spiro atoms. The molecule has 2 heterocycles. The number of ether oxygens (including phenoxy) is 3. The lowest BCUT2D eigenvalue weighted by Gasteiger charge is -2.42. The number of carboxylic acids is 1. The largest absolute Gasteiger partial charge is 0.497 e. The topological polar surface area (TPSA) is 118 Å². The van der Waals surface area contributed by atoms with Crippen molar-refractivity contribution in [1.29, 1.82) is 0 Å².